The molecule has 19 heteroatoms. The highest BCUT2D eigenvalue weighted by Crippen LogP contribution is 2.51. The third kappa shape index (κ3) is 29.4. The number of amides is 2. The van der Waals surface area contributed by atoms with E-state index in [9.17, 15) is 47.3 Å². The number of carbonyl (C=O) groups excluding carboxylic acids is 8. The zero-order valence-corrected chi connectivity index (χ0v) is 52.5. The molecule has 0 spiro atoms. The maximum absolute atomic E-state index is 15.0. The molecule has 0 bridgehead atoms. The molecule has 0 heterocycles. The number of nitrogens with one attached hydrogen (secondary N) is 2. The van der Waals surface area contributed by atoms with Gasteiger partial charge in [-0.15, -0.1) is 0 Å². The Kier molecular flexibility index (Phi) is 32.3. The van der Waals surface area contributed by atoms with Crippen molar-refractivity contribution in [1.29, 1.82) is 0 Å². The Morgan fingerprint density at radius 3 is 1.43 bits per heavy atom. The second-order valence-corrected chi connectivity index (χ2v) is 24.4. The molecule has 4 atom stereocenters. The van der Waals surface area contributed by atoms with Gasteiger partial charge in [0.25, 0.3) is 0 Å². The van der Waals surface area contributed by atoms with E-state index in [2.05, 4.69) is 10.6 Å². The van der Waals surface area contributed by atoms with Gasteiger partial charge in [-0.3, -0.25) is 38.1 Å². The average molecular weight is 1270 g/mol. The summed E-state index contributed by atoms with van der Waals surface area (Å²) in [4.78, 5) is 107. The van der Waals surface area contributed by atoms with Gasteiger partial charge < -0.3 is 38.6 Å². The molecule has 6 aromatic carbocycles. The number of Topliss-reactive ketones (excluding diaryl/α,β-unsaturated/α-hetero) is 2. The first-order valence-electron chi connectivity index (χ1n) is 31.3. The predicted molar refractivity (Wildman–Crippen MR) is 341 cm³/mol. The van der Waals surface area contributed by atoms with E-state index in [0.29, 0.717) is 73.7 Å². The van der Waals surface area contributed by atoms with Crippen molar-refractivity contribution >= 4 is 54.9 Å². The lowest BCUT2D eigenvalue weighted by Crippen LogP contribution is -2.42. The van der Waals surface area contributed by atoms with Gasteiger partial charge in [-0.25, -0.2) is 9.18 Å². The Morgan fingerprint density at radius 1 is 0.418 bits per heavy atom. The summed E-state index contributed by atoms with van der Waals surface area (Å²) in [7, 11) is -4.23. The maximum Gasteiger partial charge on any atom is 0.331 e. The van der Waals surface area contributed by atoms with Crippen LogP contribution in [0.25, 0.3) is 0 Å². The largest absolute Gasteiger partial charge is 0.461 e. The molecule has 6 aromatic rings. The van der Waals surface area contributed by atoms with E-state index in [0.717, 1.165) is 24.0 Å². The molecule has 0 aromatic heterocycles. The van der Waals surface area contributed by atoms with Crippen molar-refractivity contribution in [3.8, 4) is 0 Å². The lowest BCUT2D eigenvalue weighted by Gasteiger charge is -2.24. The van der Waals surface area contributed by atoms with Crippen LogP contribution in [0.4, 0.5) is 4.39 Å². The Labute approximate surface area is 533 Å². The van der Waals surface area contributed by atoms with E-state index < -0.39 is 67.2 Å². The zero-order valence-electron chi connectivity index (χ0n) is 51.6. The van der Waals surface area contributed by atoms with Crippen LogP contribution < -0.4 is 10.6 Å². The number of unbranched alkanes of at least 4 members (excludes halogenated alkanes) is 5. The third-order valence-corrected chi connectivity index (χ3v) is 16.9. The smallest absolute Gasteiger partial charge is 0.331 e. The summed E-state index contributed by atoms with van der Waals surface area (Å²) in [6.07, 6.45) is 4.26. The van der Waals surface area contributed by atoms with Gasteiger partial charge >= 0.3 is 31.5 Å². The van der Waals surface area contributed by atoms with Crippen molar-refractivity contribution in [2.75, 3.05) is 19.3 Å². The quantitative estimate of drug-likeness (QED) is 0.0119. The third-order valence-electron chi connectivity index (χ3n) is 14.9. The number of halogens is 1. The van der Waals surface area contributed by atoms with Crippen LogP contribution in [0.3, 0.4) is 0 Å². The lowest BCUT2D eigenvalue weighted by atomic mass is 9.94. The van der Waals surface area contributed by atoms with Crippen molar-refractivity contribution in [3.05, 3.63) is 215 Å². The molecular weight excluding hydrogens is 1180 g/mol. The van der Waals surface area contributed by atoms with Crippen LogP contribution in [-0.2, 0) is 99.2 Å². The van der Waals surface area contributed by atoms with Crippen LogP contribution in [0.15, 0.2) is 176 Å². The number of ketones is 2. The number of hydrogen-bond acceptors (Lipinski definition) is 15. The Bertz CT molecular complexity index is 3210. The van der Waals surface area contributed by atoms with Crippen LogP contribution in [-0.4, -0.2) is 72.6 Å². The van der Waals surface area contributed by atoms with Gasteiger partial charge in [-0.2, -0.15) is 0 Å². The monoisotopic (exact) mass is 1270 g/mol. The van der Waals surface area contributed by atoms with Gasteiger partial charge in [0.05, 0.1) is 31.2 Å². The van der Waals surface area contributed by atoms with Crippen molar-refractivity contribution in [2.45, 2.75) is 148 Å². The SMILES string of the molecule is O=C(CCCCCNC(=O)CCCCCCC(=O)c1ccc([18F])cc1)C[C@@H](CCC(=O)N[C@@H](CCCOP(=O)(C[C@@H](CCC(=O)OCc1ccccc1)C(=O)OCc1ccccc1)OCc1ccccc1)C(=O)OCc1ccccc1)C(=O)OCc1ccccc1. The van der Waals surface area contributed by atoms with Crippen LogP contribution >= 0.6 is 7.60 Å². The van der Waals surface area contributed by atoms with E-state index in [1.165, 1.54) is 24.3 Å². The Hall–Kier alpha value is -8.44. The fourth-order valence-electron chi connectivity index (χ4n) is 9.71. The van der Waals surface area contributed by atoms with E-state index in [4.69, 9.17) is 28.0 Å². The molecule has 6 rings (SSSR count). The minimum absolute atomic E-state index is 0.0195. The molecule has 0 aliphatic carbocycles. The topological polar surface area (TPSA) is 233 Å². The molecule has 1 unspecified atom stereocenters. The molecule has 0 aliphatic heterocycles. The van der Waals surface area contributed by atoms with Crippen LogP contribution in [0.2, 0.25) is 0 Å². The van der Waals surface area contributed by atoms with E-state index >= 15 is 0 Å². The van der Waals surface area contributed by atoms with E-state index in [1.54, 1.807) is 97.1 Å². The van der Waals surface area contributed by atoms with Gasteiger partial charge in [-0.1, -0.05) is 171 Å². The lowest BCUT2D eigenvalue weighted by molar-refractivity contribution is -0.152. The summed E-state index contributed by atoms with van der Waals surface area (Å²) in [5.41, 5.74) is 4.07. The van der Waals surface area contributed by atoms with Gasteiger partial charge in [0.2, 0.25) is 11.8 Å². The first kappa shape index (κ1) is 71.6. The summed E-state index contributed by atoms with van der Waals surface area (Å²) in [6, 6.07) is 49.3. The average Bonchev–Trinajstić information content (AvgIpc) is 3.77. The van der Waals surface area contributed by atoms with Gasteiger partial charge in [0, 0.05) is 50.6 Å². The maximum atomic E-state index is 15.0. The summed E-state index contributed by atoms with van der Waals surface area (Å²) >= 11 is 0. The summed E-state index contributed by atoms with van der Waals surface area (Å²) in [6.45, 7) is -0.198. The molecule has 2 N–H and O–H groups in total. The van der Waals surface area contributed by atoms with Crippen molar-refractivity contribution in [2.24, 2.45) is 11.8 Å². The minimum atomic E-state index is -4.23. The van der Waals surface area contributed by atoms with Crippen LogP contribution in [0.1, 0.15) is 147 Å². The molecular formula is C72H84FN2O15P. The van der Waals surface area contributed by atoms with Crippen LogP contribution in [0, 0.1) is 17.7 Å². The number of carbonyl (C=O) groups is 8. The normalized spacial score (nSPS) is 12.7. The number of benzene rings is 6. The number of ether oxygens (including phenoxy) is 4. The van der Waals surface area contributed by atoms with Crippen molar-refractivity contribution in [3.63, 3.8) is 0 Å². The first-order chi connectivity index (χ1) is 44.2. The summed E-state index contributed by atoms with van der Waals surface area (Å²) in [5, 5.41) is 5.67. The molecule has 0 aliphatic rings. The number of hydrogen-bond donors (Lipinski definition) is 2. The molecule has 17 nitrogen and oxygen atoms in total. The van der Waals surface area contributed by atoms with E-state index in [1.807, 2.05) is 54.6 Å². The highest BCUT2D eigenvalue weighted by molar-refractivity contribution is 7.53. The van der Waals surface area contributed by atoms with E-state index in [-0.39, 0.29) is 108 Å². The number of rotatable bonds is 44. The van der Waals surface area contributed by atoms with Gasteiger partial charge in [0.15, 0.2) is 5.78 Å². The molecule has 2 amide bonds. The zero-order chi connectivity index (χ0) is 64.7. The second-order valence-electron chi connectivity index (χ2n) is 22.3. The van der Waals surface area contributed by atoms with Crippen molar-refractivity contribution in [1.82, 2.24) is 10.6 Å². The molecule has 0 saturated heterocycles. The molecule has 91 heavy (non-hydrogen) atoms. The van der Waals surface area contributed by atoms with Crippen LogP contribution in [0.5, 0.6) is 0 Å². The fraction of sp³-hybridized carbons (Fsp3) is 0.389. The molecule has 0 saturated carbocycles. The predicted octanol–water partition coefficient (Wildman–Crippen LogP) is 13.4. The summed E-state index contributed by atoms with van der Waals surface area (Å²) < 4.78 is 62.9. The van der Waals surface area contributed by atoms with Gasteiger partial charge in [-0.05, 0) is 103 Å². The highest BCUT2D eigenvalue weighted by Gasteiger charge is 2.35. The molecule has 0 radical (unpaired) electrons. The van der Waals surface area contributed by atoms with Crippen molar-refractivity contribution < 1.29 is 75.3 Å². The molecule has 0 fully saturated rings. The summed E-state index contributed by atoms with van der Waals surface area (Å²) in [5.74, 6) is -6.17. The molecule has 484 valence electrons. The Morgan fingerprint density at radius 2 is 0.879 bits per heavy atom. The second kappa shape index (κ2) is 41.0. The first-order valence-corrected chi connectivity index (χ1v) is 33.0. The number of esters is 4. The fourth-order valence-corrected chi connectivity index (χ4v) is 11.6. The Balaban J connectivity index is 1.03. The highest BCUT2D eigenvalue weighted by atomic mass is 31.2. The standard InChI is InChI=1S/C72H84FN2O15P/c73-63-42-38-60(39-43-63)66(77)36-20-1-2-21-37-67(78)74-46-22-8-19-34-64(76)48-61(70(81)86-50-56-26-11-4-12-27-56)40-44-68(79)75-65(72(83)88-52-58-30-15-6-16-31-58)35-23-47-89-91(84,90-53-59-32-17-7-18-33-59)54-62(71(82)87-51-57-28-13-5-14-29-57)41-45-69(80)85-49-55-24-9-3-10-25-55/h3-7,9-18,24-33,38-39,42-43,61-62,65H,1-2,8,19-23,34-37,40-41,44-54H2,(H,74,78)(H,75,79)/t61-,62-,65+,91?/m1/s1/i73-1. The minimum Gasteiger partial charge on any atom is -0.461 e. The van der Waals surface area contributed by atoms with Gasteiger partial charge in [0.1, 0.15) is 44.1 Å².